The van der Waals surface area contributed by atoms with Crippen molar-refractivity contribution < 1.29 is 9.53 Å². The Bertz CT molecular complexity index is 472. The van der Waals surface area contributed by atoms with E-state index in [9.17, 15) is 4.79 Å². The lowest BCUT2D eigenvalue weighted by Crippen LogP contribution is -2.44. The molecule has 0 heterocycles. The summed E-state index contributed by atoms with van der Waals surface area (Å²) in [5, 5.41) is 3.83. The molecule has 0 fully saturated rings. The molecule has 3 nitrogen and oxygen atoms in total. The van der Waals surface area contributed by atoms with Crippen LogP contribution in [0.5, 0.6) is 0 Å². The van der Waals surface area contributed by atoms with E-state index in [4.69, 9.17) is 16.3 Å². The van der Waals surface area contributed by atoms with Crippen LogP contribution in [-0.4, -0.2) is 17.1 Å². The minimum atomic E-state index is -0.581. The van der Waals surface area contributed by atoms with Gasteiger partial charge < -0.3 is 4.74 Å². The van der Waals surface area contributed by atoms with Crippen LogP contribution in [0.2, 0.25) is 5.02 Å². The number of hydrogen-bond acceptors (Lipinski definition) is 3. The standard InChI is InChI=1S/C16H24ClNO2/c1-15(2,3)18-13(14(19)20-16(4,5)6)11-9-7-8-10-12(11)17/h7-10,13,18H,1-6H3/t13-/m0/s1. The number of carbonyl (C=O) groups is 1. The fraction of sp³-hybridized carbons (Fsp3) is 0.562. The van der Waals surface area contributed by atoms with Crippen LogP contribution in [-0.2, 0) is 9.53 Å². The zero-order valence-corrected chi connectivity index (χ0v) is 13.8. The quantitative estimate of drug-likeness (QED) is 0.853. The van der Waals surface area contributed by atoms with Gasteiger partial charge in [-0.1, -0.05) is 29.8 Å². The van der Waals surface area contributed by atoms with Crippen LogP contribution >= 0.6 is 11.6 Å². The topological polar surface area (TPSA) is 38.3 Å². The molecule has 1 aromatic carbocycles. The number of rotatable bonds is 3. The fourth-order valence-electron chi connectivity index (χ4n) is 1.77. The van der Waals surface area contributed by atoms with Crippen molar-refractivity contribution >= 4 is 17.6 Å². The smallest absolute Gasteiger partial charge is 0.328 e. The normalized spacial score (nSPS) is 13.9. The van der Waals surface area contributed by atoms with Gasteiger partial charge in [-0.25, -0.2) is 4.79 Å². The molecule has 4 heteroatoms. The molecule has 0 aliphatic carbocycles. The monoisotopic (exact) mass is 297 g/mol. The number of benzene rings is 1. The second kappa shape index (κ2) is 6.15. The minimum absolute atomic E-state index is 0.235. The van der Waals surface area contributed by atoms with E-state index in [1.54, 1.807) is 6.07 Å². The third-order valence-corrected chi connectivity index (χ3v) is 2.78. The van der Waals surface area contributed by atoms with E-state index in [0.717, 1.165) is 5.56 Å². The number of hydrogen-bond donors (Lipinski definition) is 1. The summed E-state index contributed by atoms with van der Waals surface area (Å²) in [6.45, 7) is 11.6. The Morgan fingerprint density at radius 2 is 1.70 bits per heavy atom. The average Bonchev–Trinajstić information content (AvgIpc) is 2.23. The zero-order chi connectivity index (χ0) is 15.6. The average molecular weight is 298 g/mol. The minimum Gasteiger partial charge on any atom is -0.459 e. The molecule has 1 rings (SSSR count). The van der Waals surface area contributed by atoms with Crippen LogP contribution in [0.15, 0.2) is 24.3 Å². The van der Waals surface area contributed by atoms with Gasteiger partial charge in [0.25, 0.3) is 0 Å². The zero-order valence-electron chi connectivity index (χ0n) is 13.1. The van der Waals surface area contributed by atoms with Crippen molar-refractivity contribution in [2.75, 3.05) is 0 Å². The highest BCUT2D eigenvalue weighted by Gasteiger charge is 2.30. The molecule has 0 unspecified atom stereocenters. The predicted octanol–water partition coefficient (Wildman–Crippen LogP) is 4.11. The maximum absolute atomic E-state index is 12.4. The highest BCUT2D eigenvalue weighted by Crippen LogP contribution is 2.27. The molecule has 0 aliphatic rings. The van der Waals surface area contributed by atoms with Gasteiger partial charge in [-0.05, 0) is 53.2 Å². The molecule has 1 aromatic rings. The molecule has 0 saturated heterocycles. The highest BCUT2D eigenvalue weighted by molar-refractivity contribution is 6.31. The molecule has 0 aliphatic heterocycles. The van der Waals surface area contributed by atoms with Gasteiger partial charge in [0.2, 0.25) is 0 Å². The van der Waals surface area contributed by atoms with E-state index in [-0.39, 0.29) is 11.5 Å². The molecule has 0 saturated carbocycles. The Morgan fingerprint density at radius 1 is 1.15 bits per heavy atom. The molecule has 0 aromatic heterocycles. The van der Waals surface area contributed by atoms with Gasteiger partial charge in [0.15, 0.2) is 0 Å². The Balaban J connectivity index is 3.10. The van der Waals surface area contributed by atoms with Gasteiger partial charge in [-0.15, -0.1) is 0 Å². The first kappa shape index (κ1) is 17.0. The van der Waals surface area contributed by atoms with Crippen LogP contribution in [0.4, 0.5) is 0 Å². The van der Waals surface area contributed by atoms with Crippen LogP contribution in [0.3, 0.4) is 0 Å². The molecule has 112 valence electrons. The van der Waals surface area contributed by atoms with Crippen molar-refractivity contribution in [1.29, 1.82) is 0 Å². The van der Waals surface area contributed by atoms with Crippen LogP contribution in [0.25, 0.3) is 0 Å². The molecular weight excluding hydrogens is 274 g/mol. The molecule has 1 N–H and O–H groups in total. The molecule has 0 amide bonds. The van der Waals surface area contributed by atoms with E-state index < -0.39 is 11.6 Å². The highest BCUT2D eigenvalue weighted by atomic mass is 35.5. The number of ether oxygens (including phenoxy) is 1. The first-order valence-corrected chi connectivity index (χ1v) is 7.12. The van der Waals surface area contributed by atoms with E-state index in [0.29, 0.717) is 5.02 Å². The summed E-state index contributed by atoms with van der Waals surface area (Å²) in [6.07, 6.45) is 0. The third kappa shape index (κ3) is 5.51. The van der Waals surface area contributed by atoms with Crippen molar-refractivity contribution in [1.82, 2.24) is 5.32 Å². The Morgan fingerprint density at radius 3 is 2.15 bits per heavy atom. The SMILES string of the molecule is CC(C)(C)N[C@H](C(=O)OC(C)(C)C)c1ccccc1Cl. The first-order chi connectivity index (χ1) is 8.99. The Hall–Kier alpha value is -1.06. The Kier molecular flexibility index (Phi) is 5.22. The lowest BCUT2D eigenvalue weighted by molar-refractivity contribution is -0.158. The van der Waals surface area contributed by atoms with Gasteiger partial charge in [-0.3, -0.25) is 5.32 Å². The van der Waals surface area contributed by atoms with Crippen LogP contribution < -0.4 is 5.32 Å². The molecule has 20 heavy (non-hydrogen) atoms. The van der Waals surface area contributed by atoms with Gasteiger partial charge in [0.1, 0.15) is 11.6 Å². The predicted molar refractivity (Wildman–Crippen MR) is 82.9 cm³/mol. The summed E-state index contributed by atoms with van der Waals surface area (Å²) in [5.41, 5.74) is -0.0324. The molecular formula is C16H24ClNO2. The number of nitrogens with one attached hydrogen (secondary N) is 1. The summed E-state index contributed by atoms with van der Waals surface area (Å²) in [4.78, 5) is 12.4. The third-order valence-electron chi connectivity index (χ3n) is 2.44. The first-order valence-electron chi connectivity index (χ1n) is 6.74. The summed E-state index contributed by atoms with van der Waals surface area (Å²) in [7, 11) is 0. The largest absolute Gasteiger partial charge is 0.459 e. The fourth-order valence-corrected chi connectivity index (χ4v) is 2.01. The molecule has 0 spiro atoms. The van der Waals surface area contributed by atoms with Crippen molar-refractivity contribution in [3.63, 3.8) is 0 Å². The molecule has 0 bridgehead atoms. The van der Waals surface area contributed by atoms with E-state index >= 15 is 0 Å². The van der Waals surface area contributed by atoms with Crippen LogP contribution in [0, 0.1) is 0 Å². The molecule has 1 atom stereocenters. The maximum Gasteiger partial charge on any atom is 0.328 e. The summed E-state index contributed by atoms with van der Waals surface area (Å²) in [5.74, 6) is -0.319. The number of halogens is 1. The number of carbonyl (C=O) groups excluding carboxylic acids is 1. The maximum atomic E-state index is 12.4. The second-order valence-electron chi connectivity index (χ2n) is 6.88. The second-order valence-corrected chi connectivity index (χ2v) is 7.29. The lowest BCUT2D eigenvalue weighted by Gasteiger charge is -2.30. The van der Waals surface area contributed by atoms with Gasteiger partial charge >= 0.3 is 5.97 Å². The lowest BCUT2D eigenvalue weighted by atomic mass is 10.0. The van der Waals surface area contributed by atoms with Crippen molar-refractivity contribution in [3.05, 3.63) is 34.9 Å². The van der Waals surface area contributed by atoms with E-state index in [2.05, 4.69) is 5.32 Å². The van der Waals surface area contributed by atoms with Gasteiger partial charge in [0, 0.05) is 10.6 Å². The van der Waals surface area contributed by atoms with Crippen molar-refractivity contribution in [2.24, 2.45) is 0 Å². The van der Waals surface area contributed by atoms with Gasteiger partial charge in [0.05, 0.1) is 0 Å². The number of esters is 1. The van der Waals surface area contributed by atoms with Crippen LogP contribution in [0.1, 0.15) is 53.1 Å². The van der Waals surface area contributed by atoms with E-state index in [1.807, 2.05) is 59.7 Å². The van der Waals surface area contributed by atoms with Crippen molar-refractivity contribution in [3.8, 4) is 0 Å². The van der Waals surface area contributed by atoms with Gasteiger partial charge in [-0.2, -0.15) is 0 Å². The summed E-state index contributed by atoms with van der Waals surface area (Å²) >= 11 is 6.22. The summed E-state index contributed by atoms with van der Waals surface area (Å²) in [6, 6.07) is 6.75. The Labute approximate surface area is 126 Å². The van der Waals surface area contributed by atoms with E-state index in [1.165, 1.54) is 0 Å². The van der Waals surface area contributed by atoms with Crippen molar-refractivity contribution in [2.45, 2.75) is 58.7 Å². The summed E-state index contributed by atoms with van der Waals surface area (Å²) < 4.78 is 5.50. The molecule has 0 radical (unpaired) electrons.